The molecule has 0 N–H and O–H groups in total. The molecule has 2 nitrogen and oxygen atoms in total. The van der Waals surface area contributed by atoms with Gasteiger partial charge >= 0.3 is 0 Å². The van der Waals surface area contributed by atoms with Gasteiger partial charge in [0.15, 0.2) is 0 Å². The van der Waals surface area contributed by atoms with Gasteiger partial charge in [-0.2, -0.15) is 0 Å². The van der Waals surface area contributed by atoms with E-state index in [2.05, 4.69) is 6.92 Å². The smallest absolute Gasteiger partial charge is 0.205 e. The number of thiophene rings is 1. The predicted octanol–water partition coefficient (Wildman–Crippen LogP) is 4.69. The summed E-state index contributed by atoms with van der Waals surface area (Å²) >= 11 is 7.54. The first-order chi connectivity index (χ1) is 9.61. The molecule has 0 unspecified atom stereocenters. The maximum absolute atomic E-state index is 12.8. The normalized spacial score (nSPS) is 11.2. The molecule has 0 aliphatic rings. The molecule has 3 rings (SSSR count). The Morgan fingerprint density at radius 2 is 2.15 bits per heavy atom. The second kappa shape index (κ2) is 5.08. The molecule has 0 bridgehead atoms. The summed E-state index contributed by atoms with van der Waals surface area (Å²) in [5.74, 6) is 0.102. The second-order valence-corrected chi connectivity index (χ2v) is 6.13. The van der Waals surface area contributed by atoms with Gasteiger partial charge in [-0.1, -0.05) is 24.6 Å². The fraction of sp³-hybridized carbons (Fsp3) is 0.188. The topological polar surface area (TPSA) is 22.0 Å². The maximum Gasteiger partial charge on any atom is 0.205 e. The molecule has 2 heterocycles. The van der Waals surface area contributed by atoms with Crippen LogP contribution in [0.2, 0.25) is 5.02 Å². The molecule has 102 valence electrons. The fourth-order valence-corrected chi connectivity index (χ4v) is 3.59. The van der Waals surface area contributed by atoms with Crippen LogP contribution < -0.4 is 0 Å². The zero-order valence-electron chi connectivity index (χ0n) is 11.3. The first kappa shape index (κ1) is 13.4. The molecule has 0 amide bonds. The molecule has 4 heteroatoms. The van der Waals surface area contributed by atoms with Crippen molar-refractivity contribution in [1.82, 2.24) is 4.57 Å². The van der Waals surface area contributed by atoms with Gasteiger partial charge in [0, 0.05) is 34.7 Å². The van der Waals surface area contributed by atoms with E-state index in [0.29, 0.717) is 5.02 Å². The molecule has 1 aromatic carbocycles. The number of hydrogen-bond acceptors (Lipinski definition) is 2. The lowest BCUT2D eigenvalue weighted by Crippen LogP contribution is -2.00. The highest BCUT2D eigenvalue weighted by Gasteiger charge is 2.19. The lowest BCUT2D eigenvalue weighted by molar-refractivity contribution is 0.104. The molecular formula is C16H14ClNOS. The number of carbonyl (C=O) groups is 1. The number of ketones is 1. The fourth-order valence-electron chi connectivity index (χ4n) is 2.47. The van der Waals surface area contributed by atoms with Crippen LogP contribution in [-0.2, 0) is 13.5 Å². The highest BCUT2D eigenvalue weighted by molar-refractivity contribution is 7.12. The van der Waals surface area contributed by atoms with E-state index in [1.54, 1.807) is 0 Å². The predicted molar refractivity (Wildman–Crippen MR) is 85.1 cm³/mol. The Hall–Kier alpha value is -1.58. The number of nitrogens with zero attached hydrogens (tertiary/aromatic N) is 1. The quantitative estimate of drug-likeness (QED) is 0.644. The van der Waals surface area contributed by atoms with Gasteiger partial charge in [-0.15, -0.1) is 11.3 Å². The lowest BCUT2D eigenvalue weighted by atomic mass is 10.1. The second-order valence-electron chi connectivity index (χ2n) is 4.77. The minimum absolute atomic E-state index is 0.102. The third kappa shape index (κ3) is 2.07. The lowest BCUT2D eigenvalue weighted by Gasteiger charge is -2.00. The van der Waals surface area contributed by atoms with E-state index in [9.17, 15) is 4.79 Å². The van der Waals surface area contributed by atoms with Gasteiger partial charge in [0.2, 0.25) is 5.78 Å². The number of aromatic nitrogens is 1. The molecule has 0 saturated carbocycles. The summed E-state index contributed by atoms with van der Waals surface area (Å²) in [5, 5.41) is 3.62. The van der Waals surface area contributed by atoms with E-state index >= 15 is 0 Å². The van der Waals surface area contributed by atoms with Gasteiger partial charge in [0.05, 0.1) is 4.88 Å². The molecule has 3 aromatic rings. The van der Waals surface area contributed by atoms with Crippen LogP contribution >= 0.6 is 22.9 Å². The number of halogens is 1. The molecule has 0 fully saturated rings. The molecular weight excluding hydrogens is 290 g/mol. The SMILES string of the molecule is CCc1ccsc1C(=O)c1cn(C)c2cc(Cl)ccc12. The minimum atomic E-state index is 0.102. The van der Waals surface area contributed by atoms with Gasteiger partial charge in [0.25, 0.3) is 0 Å². The van der Waals surface area contributed by atoms with Crippen LogP contribution in [0.25, 0.3) is 10.9 Å². The standard InChI is InChI=1S/C16H14ClNOS/c1-3-10-6-7-20-16(10)15(19)13-9-18(2)14-8-11(17)4-5-12(13)14/h4-9H,3H2,1-2H3. The summed E-state index contributed by atoms with van der Waals surface area (Å²) in [7, 11) is 1.94. The summed E-state index contributed by atoms with van der Waals surface area (Å²) in [6.07, 6.45) is 2.77. The van der Waals surface area contributed by atoms with Crippen LogP contribution in [0.4, 0.5) is 0 Å². The van der Waals surface area contributed by atoms with E-state index < -0.39 is 0 Å². The van der Waals surface area contributed by atoms with E-state index in [1.165, 1.54) is 11.3 Å². The number of fused-ring (bicyclic) bond motifs is 1. The zero-order chi connectivity index (χ0) is 14.3. The summed E-state index contributed by atoms with van der Waals surface area (Å²) in [6.45, 7) is 2.07. The largest absolute Gasteiger partial charge is 0.350 e. The number of hydrogen-bond donors (Lipinski definition) is 0. The Labute approximate surface area is 126 Å². The van der Waals surface area contributed by atoms with Crippen molar-refractivity contribution in [2.75, 3.05) is 0 Å². The Morgan fingerprint density at radius 1 is 1.35 bits per heavy atom. The van der Waals surface area contributed by atoms with Crippen molar-refractivity contribution in [3.8, 4) is 0 Å². The molecule has 0 aliphatic carbocycles. The Bertz CT molecular complexity index is 800. The van der Waals surface area contributed by atoms with Crippen LogP contribution in [0.1, 0.15) is 27.7 Å². The van der Waals surface area contributed by atoms with E-state index in [1.807, 2.05) is 47.5 Å². The Balaban J connectivity index is 2.18. The molecule has 0 spiro atoms. The monoisotopic (exact) mass is 303 g/mol. The van der Waals surface area contributed by atoms with Gasteiger partial charge < -0.3 is 4.57 Å². The van der Waals surface area contributed by atoms with E-state index in [0.717, 1.165) is 33.3 Å². The number of aryl methyl sites for hydroxylation is 2. The zero-order valence-corrected chi connectivity index (χ0v) is 12.9. The first-order valence-corrected chi connectivity index (χ1v) is 7.73. The first-order valence-electron chi connectivity index (χ1n) is 6.47. The Morgan fingerprint density at radius 3 is 2.90 bits per heavy atom. The van der Waals surface area contributed by atoms with Crippen molar-refractivity contribution in [1.29, 1.82) is 0 Å². The van der Waals surface area contributed by atoms with Gasteiger partial charge in [-0.3, -0.25) is 4.79 Å². The van der Waals surface area contributed by atoms with Crippen LogP contribution in [0.3, 0.4) is 0 Å². The molecule has 2 aromatic heterocycles. The van der Waals surface area contributed by atoms with Crippen molar-refractivity contribution in [3.05, 3.63) is 56.9 Å². The summed E-state index contributed by atoms with van der Waals surface area (Å²) in [5.41, 5.74) is 2.85. The van der Waals surface area contributed by atoms with Crippen molar-refractivity contribution in [2.24, 2.45) is 7.05 Å². The van der Waals surface area contributed by atoms with Crippen LogP contribution in [-0.4, -0.2) is 10.4 Å². The highest BCUT2D eigenvalue weighted by atomic mass is 35.5. The minimum Gasteiger partial charge on any atom is -0.350 e. The molecule has 0 atom stereocenters. The van der Waals surface area contributed by atoms with E-state index in [4.69, 9.17) is 11.6 Å². The summed E-state index contributed by atoms with van der Waals surface area (Å²) in [4.78, 5) is 13.6. The van der Waals surface area contributed by atoms with Crippen molar-refractivity contribution < 1.29 is 4.79 Å². The van der Waals surface area contributed by atoms with Crippen LogP contribution in [0.15, 0.2) is 35.8 Å². The third-order valence-electron chi connectivity index (χ3n) is 3.53. The van der Waals surface area contributed by atoms with Crippen molar-refractivity contribution in [3.63, 3.8) is 0 Å². The maximum atomic E-state index is 12.8. The van der Waals surface area contributed by atoms with Crippen molar-refractivity contribution >= 4 is 39.6 Å². The van der Waals surface area contributed by atoms with Gasteiger partial charge in [-0.25, -0.2) is 0 Å². The molecule has 0 aliphatic heterocycles. The average molecular weight is 304 g/mol. The Kier molecular flexibility index (Phi) is 3.40. The van der Waals surface area contributed by atoms with Crippen LogP contribution in [0, 0.1) is 0 Å². The van der Waals surface area contributed by atoms with Gasteiger partial charge in [0.1, 0.15) is 0 Å². The average Bonchev–Trinajstić information content (AvgIpc) is 3.03. The number of carbonyl (C=O) groups excluding carboxylic acids is 1. The van der Waals surface area contributed by atoms with Gasteiger partial charge in [-0.05, 0) is 35.6 Å². The third-order valence-corrected chi connectivity index (χ3v) is 4.72. The summed E-state index contributed by atoms with van der Waals surface area (Å²) < 4.78 is 1.95. The molecule has 20 heavy (non-hydrogen) atoms. The molecule has 0 radical (unpaired) electrons. The highest BCUT2D eigenvalue weighted by Crippen LogP contribution is 2.28. The molecule has 0 saturated heterocycles. The van der Waals surface area contributed by atoms with Crippen LogP contribution in [0.5, 0.6) is 0 Å². The van der Waals surface area contributed by atoms with Crippen molar-refractivity contribution in [2.45, 2.75) is 13.3 Å². The number of rotatable bonds is 3. The summed E-state index contributed by atoms with van der Waals surface area (Å²) in [6, 6.07) is 7.67. The van der Waals surface area contributed by atoms with E-state index in [-0.39, 0.29) is 5.78 Å². The number of benzene rings is 1.